The van der Waals surface area contributed by atoms with Crippen LogP contribution in [0.3, 0.4) is 0 Å². The van der Waals surface area contributed by atoms with E-state index < -0.39 is 0 Å². The van der Waals surface area contributed by atoms with E-state index in [1.807, 2.05) is 35.8 Å². The number of aromatic nitrogens is 3. The van der Waals surface area contributed by atoms with Crippen LogP contribution in [0.5, 0.6) is 0 Å². The number of nitrogens with one attached hydrogen (secondary N) is 1. The van der Waals surface area contributed by atoms with Crippen LogP contribution in [0.2, 0.25) is 0 Å². The zero-order chi connectivity index (χ0) is 13.9. The Balaban J connectivity index is 1.99. The van der Waals surface area contributed by atoms with E-state index in [0.717, 1.165) is 10.8 Å². The lowest BCUT2D eigenvalue weighted by molar-refractivity contribution is 0.641. The molecule has 0 fully saturated rings. The monoisotopic (exact) mass is 284 g/mol. The summed E-state index contributed by atoms with van der Waals surface area (Å²) in [7, 11) is 1.97. The van der Waals surface area contributed by atoms with Crippen LogP contribution in [0.4, 0.5) is 0 Å². The highest BCUT2D eigenvalue weighted by Gasteiger charge is 2.12. The molecule has 0 amide bonds. The highest BCUT2D eigenvalue weighted by molar-refractivity contribution is 7.99. The third-order valence-corrected chi connectivity index (χ3v) is 4.35. The van der Waals surface area contributed by atoms with Gasteiger partial charge in [0.25, 0.3) is 0 Å². The molecule has 102 valence electrons. The summed E-state index contributed by atoms with van der Waals surface area (Å²) in [6.45, 7) is 2.15. The fourth-order valence-electron chi connectivity index (χ4n) is 2.07. The van der Waals surface area contributed by atoms with Gasteiger partial charge in [-0.3, -0.25) is 4.40 Å². The van der Waals surface area contributed by atoms with E-state index in [4.69, 9.17) is 0 Å². The summed E-state index contributed by atoms with van der Waals surface area (Å²) in [5, 5.41) is 12.6. The van der Waals surface area contributed by atoms with Crippen molar-refractivity contribution in [1.82, 2.24) is 19.9 Å². The van der Waals surface area contributed by atoms with Crippen molar-refractivity contribution in [3.63, 3.8) is 0 Å². The van der Waals surface area contributed by atoms with Gasteiger partial charge in [-0.25, -0.2) is 0 Å². The van der Waals surface area contributed by atoms with E-state index in [2.05, 4.69) is 46.7 Å². The molecule has 0 aliphatic carbocycles. The van der Waals surface area contributed by atoms with Crippen molar-refractivity contribution >= 4 is 17.4 Å². The molecule has 0 bridgehead atoms. The van der Waals surface area contributed by atoms with Crippen molar-refractivity contribution in [3.05, 3.63) is 54.2 Å². The minimum atomic E-state index is 0.304. The second-order valence-corrected chi connectivity index (χ2v) is 5.57. The molecule has 3 aromatic rings. The fraction of sp³-hybridized carbons (Fsp3) is 0.200. The van der Waals surface area contributed by atoms with Crippen LogP contribution in [-0.2, 0) is 0 Å². The maximum absolute atomic E-state index is 4.27. The summed E-state index contributed by atoms with van der Waals surface area (Å²) in [6.07, 6.45) is 1.99. The third-order valence-electron chi connectivity index (χ3n) is 3.30. The first kappa shape index (κ1) is 13.1. The van der Waals surface area contributed by atoms with Gasteiger partial charge in [-0.05, 0) is 49.5 Å². The summed E-state index contributed by atoms with van der Waals surface area (Å²) in [4.78, 5) is 1.20. The fourth-order valence-corrected chi connectivity index (χ4v) is 3.11. The summed E-state index contributed by atoms with van der Waals surface area (Å²) in [5.74, 6) is 0. The standard InChI is InChI=1S/C15H16N4S/c1-11(16-2)12-7-3-4-8-13(12)20-15-18-17-14-9-5-6-10-19(14)15/h3-11,16H,1-2H3. The maximum atomic E-state index is 4.27. The lowest BCUT2D eigenvalue weighted by atomic mass is 10.1. The van der Waals surface area contributed by atoms with Gasteiger partial charge in [0, 0.05) is 17.1 Å². The number of pyridine rings is 1. The van der Waals surface area contributed by atoms with Gasteiger partial charge in [0.15, 0.2) is 10.8 Å². The Morgan fingerprint density at radius 1 is 1.10 bits per heavy atom. The highest BCUT2D eigenvalue weighted by atomic mass is 32.2. The predicted molar refractivity (Wildman–Crippen MR) is 81.0 cm³/mol. The summed E-state index contributed by atoms with van der Waals surface area (Å²) >= 11 is 1.64. The Morgan fingerprint density at radius 2 is 1.90 bits per heavy atom. The Labute approximate surface area is 122 Å². The van der Waals surface area contributed by atoms with E-state index in [1.165, 1.54) is 10.5 Å². The Kier molecular flexibility index (Phi) is 3.71. The van der Waals surface area contributed by atoms with E-state index in [-0.39, 0.29) is 0 Å². The molecule has 0 aliphatic rings. The molecule has 1 aromatic carbocycles. The largest absolute Gasteiger partial charge is 0.313 e. The number of benzene rings is 1. The summed E-state index contributed by atoms with van der Waals surface area (Å²) in [6, 6.07) is 14.6. The van der Waals surface area contributed by atoms with Crippen LogP contribution in [-0.4, -0.2) is 21.6 Å². The van der Waals surface area contributed by atoms with Gasteiger partial charge in [-0.2, -0.15) is 0 Å². The molecule has 0 aliphatic heterocycles. The normalized spacial score (nSPS) is 12.7. The molecular formula is C15H16N4S. The predicted octanol–water partition coefficient (Wildman–Crippen LogP) is 3.16. The van der Waals surface area contributed by atoms with Gasteiger partial charge < -0.3 is 5.32 Å². The molecule has 20 heavy (non-hydrogen) atoms. The van der Waals surface area contributed by atoms with Crippen molar-refractivity contribution in [1.29, 1.82) is 0 Å². The molecule has 1 unspecified atom stereocenters. The van der Waals surface area contributed by atoms with E-state index in [1.54, 1.807) is 11.8 Å². The molecule has 0 radical (unpaired) electrons. The quantitative estimate of drug-likeness (QED) is 0.799. The lowest BCUT2D eigenvalue weighted by Gasteiger charge is -2.14. The first-order valence-electron chi connectivity index (χ1n) is 6.53. The van der Waals surface area contributed by atoms with E-state index in [0.29, 0.717) is 6.04 Å². The van der Waals surface area contributed by atoms with Gasteiger partial charge in [0.1, 0.15) is 0 Å². The van der Waals surface area contributed by atoms with Gasteiger partial charge >= 0.3 is 0 Å². The first-order valence-corrected chi connectivity index (χ1v) is 7.35. The Morgan fingerprint density at radius 3 is 2.75 bits per heavy atom. The average molecular weight is 284 g/mol. The SMILES string of the molecule is CNC(C)c1ccccc1Sc1nnc2ccccn12. The van der Waals surface area contributed by atoms with Crippen LogP contribution in [0, 0.1) is 0 Å². The average Bonchev–Trinajstić information content (AvgIpc) is 2.90. The number of nitrogens with zero attached hydrogens (tertiary/aromatic N) is 3. The maximum Gasteiger partial charge on any atom is 0.200 e. The van der Waals surface area contributed by atoms with Crippen molar-refractivity contribution in [3.8, 4) is 0 Å². The molecule has 0 saturated heterocycles. The molecule has 3 rings (SSSR count). The Bertz CT molecular complexity index is 722. The zero-order valence-corrected chi connectivity index (χ0v) is 12.3. The molecule has 2 aromatic heterocycles. The van der Waals surface area contributed by atoms with Gasteiger partial charge in [-0.15, -0.1) is 10.2 Å². The first-order chi connectivity index (χ1) is 9.79. The molecular weight excluding hydrogens is 268 g/mol. The van der Waals surface area contributed by atoms with Crippen LogP contribution in [0.15, 0.2) is 58.7 Å². The molecule has 0 spiro atoms. The van der Waals surface area contributed by atoms with Crippen LogP contribution in [0.25, 0.3) is 5.65 Å². The molecule has 5 heteroatoms. The summed E-state index contributed by atoms with van der Waals surface area (Å²) in [5.41, 5.74) is 2.14. The van der Waals surface area contributed by atoms with Crippen molar-refractivity contribution in [2.75, 3.05) is 7.05 Å². The van der Waals surface area contributed by atoms with Crippen molar-refractivity contribution < 1.29 is 0 Å². The topological polar surface area (TPSA) is 42.2 Å². The highest BCUT2D eigenvalue weighted by Crippen LogP contribution is 2.32. The van der Waals surface area contributed by atoms with E-state index in [9.17, 15) is 0 Å². The molecule has 0 saturated carbocycles. The molecule has 2 heterocycles. The van der Waals surface area contributed by atoms with Crippen molar-refractivity contribution in [2.45, 2.75) is 23.0 Å². The van der Waals surface area contributed by atoms with Crippen molar-refractivity contribution in [2.24, 2.45) is 0 Å². The number of rotatable bonds is 4. The Hall–Kier alpha value is -1.85. The second kappa shape index (κ2) is 5.64. The third kappa shape index (κ3) is 2.42. The van der Waals surface area contributed by atoms with Crippen LogP contribution in [0.1, 0.15) is 18.5 Å². The minimum absolute atomic E-state index is 0.304. The second-order valence-electron chi connectivity index (χ2n) is 4.56. The van der Waals surface area contributed by atoms with Crippen LogP contribution >= 0.6 is 11.8 Å². The molecule has 1 N–H and O–H groups in total. The smallest absolute Gasteiger partial charge is 0.200 e. The van der Waals surface area contributed by atoms with Crippen LogP contribution < -0.4 is 5.32 Å². The summed E-state index contributed by atoms with van der Waals surface area (Å²) < 4.78 is 2.01. The van der Waals surface area contributed by atoms with Gasteiger partial charge in [-0.1, -0.05) is 24.3 Å². The molecule has 4 nitrogen and oxygen atoms in total. The number of hydrogen-bond donors (Lipinski definition) is 1. The van der Waals surface area contributed by atoms with E-state index >= 15 is 0 Å². The number of hydrogen-bond acceptors (Lipinski definition) is 4. The van der Waals surface area contributed by atoms with Gasteiger partial charge in [0.05, 0.1) is 0 Å². The molecule has 1 atom stereocenters. The number of fused-ring (bicyclic) bond motifs is 1. The minimum Gasteiger partial charge on any atom is -0.313 e. The lowest BCUT2D eigenvalue weighted by Crippen LogP contribution is -2.13. The zero-order valence-electron chi connectivity index (χ0n) is 11.4. The van der Waals surface area contributed by atoms with Gasteiger partial charge in [0.2, 0.25) is 0 Å².